The molecule has 1 atom stereocenters. The van der Waals surface area contributed by atoms with E-state index in [1.54, 1.807) is 0 Å². The van der Waals surface area contributed by atoms with Crippen LogP contribution >= 0.6 is 11.3 Å². The lowest BCUT2D eigenvalue weighted by atomic mass is 10.2. The Morgan fingerprint density at radius 3 is 2.62 bits per heavy atom. The minimum Gasteiger partial charge on any atom is -0.480 e. The molecule has 0 aliphatic rings. The van der Waals surface area contributed by atoms with Crippen molar-refractivity contribution in [2.75, 3.05) is 12.4 Å². The van der Waals surface area contributed by atoms with Crippen molar-refractivity contribution in [3.8, 4) is 0 Å². The first-order valence-corrected chi connectivity index (χ1v) is 6.55. The van der Waals surface area contributed by atoms with Gasteiger partial charge in [0.05, 0.1) is 13.5 Å². The van der Waals surface area contributed by atoms with Crippen molar-refractivity contribution in [2.24, 2.45) is 0 Å². The molecular weight excluding hydrogens is 302 g/mol. The number of aromatic nitrogens is 1. The largest absolute Gasteiger partial charge is 0.480 e. The Bertz CT molecular complexity index is 570. The molecule has 0 fully saturated rings. The molecule has 3 N–H and O–H groups in total. The Labute approximate surface area is 123 Å². The van der Waals surface area contributed by atoms with Crippen LogP contribution in [0.25, 0.3) is 0 Å². The van der Waals surface area contributed by atoms with E-state index in [1.807, 2.05) is 0 Å². The van der Waals surface area contributed by atoms with Crippen LogP contribution in [0.15, 0.2) is 5.38 Å². The third-order valence-corrected chi connectivity index (χ3v) is 2.98. The van der Waals surface area contributed by atoms with E-state index in [1.165, 1.54) is 12.3 Å². The number of carboxylic acid groups (broad SMARTS) is 1. The van der Waals surface area contributed by atoms with Gasteiger partial charge in [-0.3, -0.25) is 14.4 Å². The standard InChI is InChI=1S/C11H13N3O6S/c1-5(15)12-11-14-7(4-21-11)9(17)13-6(10(18)19)3-8(16)20-2/h4,6H,3H2,1-2H3,(H,13,17)(H,18,19)(H,12,14,15)/t6-/m0/s1. The lowest BCUT2D eigenvalue weighted by Crippen LogP contribution is -2.42. The van der Waals surface area contributed by atoms with Crippen LogP contribution < -0.4 is 10.6 Å². The predicted octanol–water partition coefficient (Wildman–Crippen LogP) is -0.152. The summed E-state index contributed by atoms with van der Waals surface area (Å²) >= 11 is 1.02. The summed E-state index contributed by atoms with van der Waals surface area (Å²) in [6.45, 7) is 1.29. The highest BCUT2D eigenvalue weighted by atomic mass is 32.1. The number of carboxylic acids is 1. The number of ether oxygens (including phenoxy) is 1. The van der Waals surface area contributed by atoms with E-state index < -0.39 is 30.3 Å². The zero-order chi connectivity index (χ0) is 16.0. The number of hydrogen-bond acceptors (Lipinski definition) is 7. The maximum absolute atomic E-state index is 11.8. The van der Waals surface area contributed by atoms with Crippen molar-refractivity contribution in [3.63, 3.8) is 0 Å². The van der Waals surface area contributed by atoms with Crippen molar-refractivity contribution in [1.29, 1.82) is 0 Å². The highest BCUT2D eigenvalue weighted by Crippen LogP contribution is 2.15. The Balaban J connectivity index is 2.73. The Hall–Kier alpha value is -2.49. The lowest BCUT2D eigenvalue weighted by molar-refractivity contribution is -0.147. The monoisotopic (exact) mass is 315 g/mol. The molecular formula is C11H13N3O6S. The quantitative estimate of drug-likeness (QED) is 0.621. The number of aliphatic carboxylic acids is 1. The first kappa shape index (κ1) is 16.6. The van der Waals surface area contributed by atoms with Gasteiger partial charge in [0.15, 0.2) is 5.13 Å². The summed E-state index contributed by atoms with van der Waals surface area (Å²) in [5.74, 6) is -3.24. The topological polar surface area (TPSA) is 135 Å². The van der Waals surface area contributed by atoms with E-state index >= 15 is 0 Å². The highest BCUT2D eigenvalue weighted by molar-refractivity contribution is 7.14. The van der Waals surface area contributed by atoms with Gasteiger partial charge in [0.25, 0.3) is 5.91 Å². The van der Waals surface area contributed by atoms with Crippen LogP contribution in [0.2, 0.25) is 0 Å². The maximum atomic E-state index is 11.8. The van der Waals surface area contributed by atoms with Gasteiger partial charge in [-0.25, -0.2) is 9.78 Å². The predicted molar refractivity (Wildman–Crippen MR) is 71.9 cm³/mol. The van der Waals surface area contributed by atoms with Crippen molar-refractivity contribution in [3.05, 3.63) is 11.1 Å². The fourth-order valence-electron chi connectivity index (χ4n) is 1.27. The van der Waals surface area contributed by atoms with Gasteiger partial charge >= 0.3 is 11.9 Å². The average Bonchev–Trinajstić information content (AvgIpc) is 2.85. The molecule has 1 rings (SSSR count). The third kappa shape index (κ3) is 5.18. The van der Waals surface area contributed by atoms with E-state index in [0.717, 1.165) is 18.4 Å². The van der Waals surface area contributed by atoms with Crippen LogP contribution in [0.4, 0.5) is 5.13 Å². The van der Waals surface area contributed by atoms with E-state index in [2.05, 4.69) is 20.4 Å². The van der Waals surface area contributed by atoms with Gasteiger partial charge in [0, 0.05) is 12.3 Å². The maximum Gasteiger partial charge on any atom is 0.326 e. The molecule has 0 radical (unpaired) electrons. The van der Waals surface area contributed by atoms with Gasteiger partial charge in [-0.2, -0.15) is 0 Å². The summed E-state index contributed by atoms with van der Waals surface area (Å²) < 4.78 is 4.35. The number of rotatable bonds is 6. The van der Waals surface area contributed by atoms with E-state index in [-0.39, 0.29) is 16.7 Å². The van der Waals surface area contributed by atoms with Crippen molar-refractivity contribution in [2.45, 2.75) is 19.4 Å². The number of carbonyl (C=O) groups excluding carboxylic acids is 3. The number of hydrogen-bond donors (Lipinski definition) is 3. The van der Waals surface area contributed by atoms with E-state index in [9.17, 15) is 19.2 Å². The zero-order valence-electron chi connectivity index (χ0n) is 11.2. The molecule has 10 heteroatoms. The van der Waals surface area contributed by atoms with Crippen LogP contribution in [0.5, 0.6) is 0 Å². The summed E-state index contributed by atoms with van der Waals surface area (Å²) in [6, 6.07) is -1.42. The zero-order valence-corrected chi connectivity index (χ0v) is 12.0. The molecule has 114 valence electrons. The molecule has 0 saturated carbocycles. The van der Waals surface area contributed by atoms with Crippen molar-refractivity contribution in [1.82, 2.24) is 10.3 Å². The third-order valence-electron chi connectivity index (χ3n) is 2.22. The van der Waals surface area contributed by atoms with Gasteiger partial charge in [-0.15, -0.1) is 11.3 Å². The fourth-order valence-corrected chi connectivity index (χ4v) is 2.01. The van der Waals surface area contributed by atoms with Gasteiger partial charge < -0.3 is 20.5 Å². The normalized spacial score (nSPS) is 11.3. The number of methoxy groups -OCH3 is 1. The van der Waals surface area contributed by atoms with E-state index in [4.69, 9.17) is 5.11 Å². The summed E-state index contributed by atoms with van der Waals surface area (Å²) in [7, 11) is 1.11. The average molecular weight is 315 g/mol. The number of anilines is 1. The number of amides is 2. The van der Waals surface area contributed by atoms with Crippen LogP contribution in [0.1, 0.15) is 23.8 Å². The van der Waals surface area contributed by atoms with Gasteiger partial charge in [0.1, 0.15) is 11.7 Å². The molecule has 0 aromatic carbocycles. The molecule has 2 amide bonds. The van der Waals surface area contributed by atoms with Gasteiger partial charge in [0.2, 0.25) is 5.91 Å². The van der Waals surface area contributed by atoms with Gasteiger partial charge in [-0.05, 0) is 0 Å². The molecule has 9 nitrogen and oxygen atoms in total. The molecule has 0 spiro atoms. The van der Waals surface area contributed by atoms with Crippen LogP contribution in [0, 0.1) is 0 Å². The fraction of sp³-hybridized carbons (Fsp3) is 0.364. The number of esters is 1. The molecule has 0 saturated heterocycles. The van der Waals surface area contributed by atoms with E-state index in [0.29, 0.717) is 0 Å². The molecule has 0 aliphatic heterocycles. The molecule has 0 bridgehead atoms. The molecule has 0 aliphatic carbocycles. The molecule has 21 heavy (non-hydrogen) atoms. The number of carbonyl (C=O) groups is 4. The number of nitrogens with one attached hydrogen (secondary N) is 2. The Kier molecular flexibility index (Phi) is 5.79. The van der Waals surface area contributed by atoms with Crippen LogP contribution in [0.3, 0.4) is 0 Å². The first-order chi connectivity index (χ1) is 9.83. The smallest absolute Gasteiger partial charge is 0.326 e. The second kappa shape index (κ2) is 7.33. The van der Waals surface area contributed by atoms with Crippen molar-refractivity contribution >= 4 is 40.2 Å². The summed E-state index contributed by atoms with van der Waals surface area (Å²) in [5, 5.41) is 15.1. The minimum absolute atomic E-state index is 0.0557. The second-order valence-corrected chi connectivity index (χ2v) is 4.72. The summed E-state index contributed by atoms with van der Waals surface area (Å²) in [6.07, 6.45) is -0.500. The molecule has 1 heterocycles. The first-order valence-electron chi connectivity index (χ1n) is 5.67. The summed E-state index contributed by atoms with van der Waals surface area (Å²) in [4.78, 5) is 48.5. The van der Waals surface area contributed by atoms with Crippen LogP contribution in [-0.2, 0) is 19.1 Å². The number of nitrogens with zero attached hydrogens (tertiary/aromatic N) is 1. The second-order valence-electron chi connectivity index (χ2n) is 3.86. The minimum atomic E-state index is -1.42. The SMILES string of the molecule is COC(=O)C[C@H](NC(=O)c1csc(NC(C)=O)n1)C(=O)O. The number of thiazole rings is 1. The van der Waals surface area contributed by atoms with Crippen LogP contribution in [-0.4, -0.2) is 47.0 Å². The molecule has 0 unspecified atom stereocenters. The summed E-state index contributed by atoms with van der Waals surface area (Å²) in [5.41, 5.74) is -0.0557. The van der Waals surface area contributed by atoms with Gasteiger partial charge in [-0.1, -0.05) is 0 Å². The lowest BCUT2D eigenvalue weighted by Gasteiger charge is -2.12. The Morgan fingerprint density at radius 1 is 1.43 bits per heavy atom. The molecule has 1 aromatic heterocycles. The Morgan fingerprint density at radius 2 is 2.10 bits per heavy atom. The van der Waals surface area contributed by atoms with Crippen molar-refractivity contribution < 1.29 is 29.0 Å². The molecule has 1 aromatic rings. The highest BCUT2D eigenvalue weighted by Gasteiger charge is 2.25.